The smallest absolute Gasteiger partial charge is 0.407 e. The number of amides is 2. The van der Waals surface area contributed by atoms with Crippen molar-refractivity contribution in [3.8, 4) is 5.75 Å². The zero-order chi connectivity index (χ0) is 18.3. The molecule has 0 radical (unpaired) electrons. The molecule has 1 unspecified atom stereocenters. The van der Waals surface area contributed by atoms with Crippen LogP contribution in [0.25, 0.3) is 0 Å². The quantitative estimate of drug-likeness (QED) is 0.452. The van der Waals surface area contributed by atoms with Gasteiger partial charge in [0.1, 0.15) is 18.1 Å². The molecule has 0 saturated heterocycles. The van der Waals surface area contributed by atoms with Crippen LogP contribution in [-0.2, 0) is 20.7 Å². The van der Waals surface area contributed by atoms with Gasteiger partial charge < -0.3 is 24.7 Å². The zero-order valence-electron chi connectivity index (χ0n) is 14.2. The number of alkyl carbamates (subject to hydrolysis) is 1. The number of para-hydroxylation sites is 1. The van der Waals surface area contributed by atoms with Crippen molar-refractivity contribution >= 4 is 23.2 Å². The molecule has 8 heteroatoms. The van der Waals surface area contributed by atoms with Crippen molar-refractivity contribution in [1.29, 1.82) is 0 Å². The highest BCUT2D eigenvalue weighted by molar-refractivity contribution is 7.92. The van der Waals surface area contributed by atoms with Crippen LogP contribution in [-0.4, -0.2) is 54.4 Å². The summed E-state index contributed by atoms with van der Waals surface area (Å²) >= 11 is -1.34. The first-order valence-corrected chi connectivity index (χ1v) is 9.45. The van der Waals surface area contributed by atoms with Crippen molar-refractivity contribution in [3.63, 3.8) is 0 Å². The zero-order valence-corrected chi connectivity index (χ0v) is 15.1. The van der Waals surface area contributed by atoms with Crippen molar-refractivity contribution in [2.75, 3.05) is 37.8 Å². The molecule has 0 aliphatic carbocycles. The van der Waals surface area contributed by atoms with Crippen LogP contribution in [0.4, 0.5) is 4.79 Å². The summed E-state index contributed by atoms with van der Waals surface area (Å²) in [6.45, 7) is 2.93. The molecule has 0 heterocycles. The lowest BCUT2D eigenvalue weighted by atomic mass is 10.3. The monoisotopic (exact) mass is 368 g/mol. The summed E-state index contributed by atoms with van der Waals surface area (Å²) in [6, 6.07) is 9.42. The lowest BCUT2D eigenvalue weighted by Crippen LogP contribution is -2.35. The molecule has 1 aromatic carbocycles. The van der Waals surface area contributed by atoms with E-state index in [9.17, 15) is 14.1 Å². The predicted molar refractivity (Wildman–Crippen MR) is 97.0 cm³/mol. The summed E-state index contributed by atoms with van der Waals surface area (Å²) in [6.07, 6.45) is 3.02. The van der Waals surface area contributed by atoms with Gasteiger partial charge in [-0.1, -0.05) is 24.3 Å². The molecule has 0 saturated carbocycles. The maximum atomic E-state index is 11.7. The average molecular weight is 368 g/mol. The Morgan fingerprint density at radius 2 is 1.96 bits per heavy atom. The van der Waals surface area contributed by atoms with Crippen LogP contribution in [0.5, 0.6) is 5.75 Å². The molecular weight excluding hydrogens is 344 g/mol. The molecule has 0 aromatic heterocycles. The Bertz CT molecular complexity index is 539. The lowest BCUT2D eigenvalue weighted by Gasteiger charge is -2.11. The van der Waals surface area contributed by atoms with Crippen LogP contribution in [0.3, 0.4) is 0 Å². The Balaban J connectivity index is 2.05. The molecule has 7 nitrogen and oxygen atoms in total. The molecule has 1 aromatic rings. The van der Waals surface area contributed by atoms with E-state index < -0.39 is 17.3 Å². The highest BCUT2D eigenvalue weighted by Crippen LogP contribution is 2.07. The third-order valence-electron chi connectivity index (χ3n) is 2.84. The van der Waals surface area contributed by atoms with Crippen LogP contribution >= 0.6 is 0 Å². The molecule has 2 N–H and O–H groups in total. The van der Waals surface area contributed by atoms with Crippen LogP contribution in [0, 0.1) is 0 Å². The summed E-state index contributed by atoms with van der Waals surface area (Å²) in [5.74, 6) is 0.581. The molecule has 0 fully saturated rings. The summed E-state index contributed by atoms with van der Waals surface area (Å²) in [5, 5.41) is 5.10. The molecule has 0 bridgehead atoms. The van der Waals surface area contributed by atoms with E-state index in [-0.39, 0.29) is 30.6 Å². The second kappa shape index (κ2) is 13.1. The maximum absolute atomic E-state index is 11.7. The van der Waals surface area contributed by atoms with Gasteiger partial charge in [0.2, 0.25) is 0 Å². The van der Waals surface area contributed by atoms with Gasteiger partial charge >= 0.3 is 6.09 Å². The van der Waals surface area contributed by atoms with Crippen molar-refractivity contribution in [2.45, 2.75) is 6.92 Å². The van der Waals surface area contributed by atoms with Gasteiger partial charge in [-0.25, -0.2) is 4.79 Å². The van der Waals surface area contributed by atoms with Crippen molar-refractivity contribution < 1.29 is 23.6 Å². The number of carbonyl (C=O) groups is 2. The van der Waals surface area contributed by atoms with E-state index in [1.54, 1.807) is 19.1 Å². The summed E-state index contributed by atoms with van der Waals surface area (Å²) in [5.41, 5.74) is 0. The van der Waals surface area contributed by atoms with Crippen molar-refractivity contribution in [2.24, 2.45) is 0 Å². The van der Waals surface area contributed by atoms with Gasteiger partial charge in [0.05, 0.1) is 13.2 Å². The molecule has 0 aliphatic rings. The number of benzene rings is 1. The first-order chi connectivity index (χ1) is 12.1. The van der Waals surface area contributed by atoms with Gasteiger partial charge in [0, 0.05) is 6.54 Å². The molecule has 138 valence electrons. The topological polar surface area (TPSA) is 99.7 Å². The standard InChI is InChI=1S/C17H24N2O5S/c1-2-23-17(21)19-11-13-25(22)14-16(20)18-10-6-7-12-24-15-8-4-3-5-9-15/h3-9H,2,10-14H2,1H3,(H,18,20)(H,19,21)/b7-6-. The van der Waals surface area contributed by atoms with E-state index in [0.717, 1.165) is 5.75 Å². The Labute approximate surface area is 151 Å². The Morgan fingerprint density at radius 1 is 1.20 bits per heavy atom. The Hall–Kier alpha value is -2.19. The van der Waals surface area contributed by atoms with Crippen LogP contribution in [0.15, 0.2) is 42.5 Å². The summed E-state index contributed by atoms with van der Waals surface area (Å²) in [7, 11) is 0. The fraction of sp³-hybridized carbons (Fsp3) is 0.412. The molecule has 0 aliphatic heterocycles. The maximum Gasteiger partial charge on any atom is 0.407 e. The fourth-order valence-electron chi connectivity index (χ4n) is 1.70. The van der Waals surface area contributed by atoms with Crippen LogP contribution in [0.2, 0.25) is 0 Å². The van der Waals surface area contributed by atoms with Crippen molar-refractivity contribution in [3.05, 3.63) is 42.5 Å². The molecule has 0 spiro atoms. The van der Waals surface area contributed by atoms with Crippen LogP contribution < -0.4 is 15.4 Å². The number of rotatable bonds is 11. The number of nitrogens with one attached hydrogen (secondary N) is 2. The van der Waals surface area contributed by atoms with Crippen molar-refractivity contribution in [1.82, 2.24) is 10.6 Å². The van der Waals surface area contributed by atoms with Crippen LogP contribution in [0.1, 0.15) is 6.92 Å². The Kier molecular flexibility index (Phi) is 11.0. The first-order valence-electron chi connectivity index (χ1n) is 7.97. The molecular formula is C17H24N2O5S. The van der Waals surface area contributed by atoms with E-state index in [0.29, 0.717) is 13.2 Å². The largest absolute Gasteiger partial charge is 0.616 e. The van der Waals surface area contributed by atoms with E-state index in [2.05, 4.69) is 15.4 Å². The minimum atomic E-state index is -1.34. The molecule has 1 rings (SSSR count). The number of ether oxygens (including phenoxy) is 2. The second-order valence-electron chi connectivity index (χ2n) is 4.84. The van der Waals surface area contributed by atoms with Gasteiger partial charge in [-0.05, 0) is 36.3 Å². The third-order valence-corrected chi connectivity index (χ3v) is 4.08. The van der Waals surface area contributed by atoms with E-state index in [4.69, 9.17) is 4.74 Å². The van der Waals surface area contributed by atoms with Gasteiger partial charge in [0.25, 0.3) is 5.91 Å². The second-order valence-corrected chi connectivity index (χ2v) is 6.41. The van der Waals surface area contributed by atoms with Gasteiger partial charge in [-0.15, -0.1) is 0 Å². The van der Waals surface area contributed by atoms with E-state index in [1.807, 2.05) is 30.3 Å². The summed E-state index contributed by atoms with van der Waals surface area (Å²) in [4.78, 5) is 22.7. The molecule has 1 atom stereocenters. The number of hydrogen-bond acceptors (Lipinski definition) is 5. The Morgan fingerprint density at radius 3 is 2.68 bits per heavy atom. The number of carbonyl (C=O) groups excluding carboxylic acids is 2. The van der Waals surface area contributed by atoms with Gasteiger partial charge in [-0.2, -0.15) is 0 Å². The molecule has 2 amide bonds. The highest BCUT2D eigenvalue weighted by atomic mass is 32.2. The predicted octanol–water partition coefficient (Wildman–Crippen LogP) is 1.23. The fourth-order valence-corrected chi connectivity index (χ4v) is 2.57. The SMILES string of the molecule is CCOC(=O)NCC[S+]([O-])CC(=O)NC/C=C\COc1ccccc1. The third kappa shape index (κ3) is 11.1. The normalized spacial score (nSPS) is 11.8. The van der Waals surface area contributed by atoms with E-state index in [1.165, 1.54) is 0 Å². The van der Waals surface area contributed by atoms with Gasteiger partial charge in [0.15, 0.2) is 5.75 Å². The minimum Gasteiger partial charge on any atom is -0.616 e. The first kappa shape index (κ1) is 20.9. The lowest BCUT2D eigenvalue weighted by molar-refractivity contribution is -0.118. The highest BCUT2D eigenvalue weighted by Gasteiger charge is 2.12. The summed E-state index contributed by atoms with van der Waals surface area (Å²) < 4.78 is 21.8. The number of hydrogen-bond donors (Lipinski definition) is 2. The van der Waals surface area contributed by atoms with Gasteiger partial charge in [-0.3, -0.25) is 4.79 Å². The molecule has 25 heavy (non-hydrogen) atoms. The average Bonchev–Trinajstić information content (AvgIpc) is 2.59. The minimum absolute atomic E-state index is 0.0984. The van der Waals surface area contributed by atoms with E-state index >= 15 is 0 Å².